The van der Waals surface area contributed by atoms with Crippen molar-refractivity contribution in [3.8, 4) is 0 Å². The molecule has 1 saturated carbocycles. The molecule has 1 aliphatic rings. The molecule has 0 spiro atoms. The van der Waals surface area contributed by atoms with Crippen LogP contribution in [0.5, 0.6) is 0 Å². The van der Waals surface area contributed by atoms with Gasteiger partial charge in [-0.1, -0.05) is 16.9 Å². The van der Waals surface area contributed by atoms with Crippen molar-refractivity contribution in [3.05, 3.63) is 22.6 Å². The monoisotopic (exact) mass is 254 g/mol. The Hall–Kier alpha value is -1.50. The number of hydrogen-bond acceptors (Lipinski definition) is 5. The number of amidine groups is 1. The third-order valence-corrected chi connectivity index (χ3v) is 4.04. The smallest absolute Gasteiger partial charge is 0.251 e. The number of nitrogens with zero attached hydrogens (tertiary/aromatic N) is 2. The van der Waals surface area contributed by atoms with Crippen molar-refractivity contribution in [1.29, 1.82) is 0 Å². The first-order valence-electron chi connectivity index (χ1n) is 5.28. The maximum atomic E-state index is 11.1. The highest BCUT2D eigenvalue weighted by Gasteiger charge is 2.43. The molecule has 1 fully saturated rings. The van der Waals surface area contributed by atoms with Gasteiger partial charge in [0.25, 0.3) is 5.56 Å². The van der Waals surface area contributed by atoms with Crippen LogP contribution >= 0.6 is 11.8 Å². The predicted octanol–water partition coefficient (Wildman–Crippen LogP) is 0.779. The van der Waals surface area contributed by atoms with E-state index in [1.165, 1.54) is 24.0 Å². The number of aromatic nitrogens is 2. The van der Waals surface area contributed by atoms with Crippen LogP contribution in [0.4, 0.5) is 0 Å². The largest absolute Gasteiger partial charge is 0.409 e. The summed E-state index contributed by atoms with van der Waals surface area (Å²) in [5, 5.41) is 12.2. The summed E-state index contributed by atoms with van der Waals surface area (Å²) in [5.74, 6) is 1.08. The Bertz CT molecular complexity index is 481. The number of hydrogen-bond donors (Lipinski definition) is 3. The maximum absolute atomic E-state index is 11.1. The summed E-state index contributed by atoms with van der Waals surface area (Å²) in [6.45, 7) is 0. The Morgan fingerprint density at radius 2 is 2.47 bits per heavy atom. The van der Waals surface area contributed by atoms with Crippen LogP contribution < -0.4 is 11.3 Å². The topological polar surface area (TPSA) is 104 Å². The second kappa shape index (κ2) is 4.79. The van der Waals surface area contributed by atoms with E-state index in [-0.39, 0.29) is 16.8 Å². The number of nitrogens with two attached hydrogens (primary N) is 1. The molecule has 0 aromatic carbocycles. The molecule has 0 amide bonds. The fourth-order valence-electron chi connectivity index (χ4n) is 1.62. The summed E-state index contributed by atoms with van der Waals surface area (Å²) >= 11 is 1.50. The standard InChI is InChI=1S/C10H14N4O2S/c11-7(14-16)5-10(2-3-10)6-17-9-12-4-1-8(15)13-9/h1,4,16H,2-3,5-6H2,(H2,11,14)(H,12,13,15). The summed E-state index contributed by atoms with van der Waals surface area (Å²) in [6, 6.07) is 1.38. The Labute approximate surface area is 102 Å². The van der Waals surface area contributed by atoms with Gasteiger partial charge in [-0.3, -0.25) is 4.79 Å². The Balaban J connectivity index is 1.92. The van der Waals surface area contributed by atoms with E-state index in [2.05, 4.69) is 15.1 Å². The number of nitrogens with one attached hydrogen (secondary N) is 1. The molecule has 0 bridgehead atoms. The molecule has 1 aromatic heterocycles. The molecule has 7 heteroatoms. The van der Waals surface area contributed by atoms with E-state index in [4.69, 9.17) is 10.9 Å². The molecular formula is C10H14N4O2S. The van der Waals surface area contributed by atoms with Gasteiger partial charge in [0.1, 0.15) is 5.84 Å². The first-order valence-corrected chi connectivity index (χ1v) is 6.27. The van der Waals surface area contributed by atoms with Crippen LogP contribution in [-0.2, 0) is 0 Å². The fraction of sp³-hybridized carbons (Fsp3) is 0.500. The van der Waals surface area contributed by atoms with Crippen molar-refractivity contribution < 1.29 is 5.21 Å². The SMILES string of the molecule is NC(CC1(CSc2nccc(=O)[nH]2)CC1)=NO. The van der Waals surface area contributed by atoms with E-state index in [0.717, 1.165) is 18.6 Å². The summed E-state index contributed by atoms with van der Waals surface area (Å²) in [5.41, 5.74) is 5.47. The summed E-state index contributed by atoms with van der Waals surface area (Å²) in [7, 11) is 0. The average Bonchev–Trinajstić information content (AvgIpc) is 3.07. The van der Waals surface area contributed by atoms with Gasteiger partial charge >= 0.3 is 0 Å². The average molecular weight is 254 g/mol. The van der Waals surface area contributed by atoms with Crippen LogP contribution in [0, 0.1) is 5.41 Å². The zero-order valence-corrected chi connectivity index (χ0v) is 10.0. The second-order valence-corrected chi connectivity index (χ2v) is 5.26. The predicted molar refractivity (Wildman–Crippen MR) is 65.3 cm³/mol. The molecule has 1 aromatic rings. The third-order valence-electron chi connectivity index (χ3n) is 2.80. The van der Waals surface area contributed by atoms with Crippen molar-refractivity contribution in [3.63, 3.8) is 0 Å². The normalized spacial score (nSPS) is 18.0. The first-order chi connectivity index (χ1) is 8.13. The lowest BCUT2D eigenvalue weighted by Crippen LogP contribution is -2.19. The highest BCUT2D eigenvalue weighted by atomic mass is 32.2. The van der Waals surface area contributed by atoms with Crippen molar-refractivity contribution >= 4 is 17.6 Å². The Morgan fingerprint density at radius 3 is 3.06 bits per heavy atom. The van der Waals surface area contributed by atoms with Gasteiger partial charge in [0.2, 0.25) is 0 Å². The van der Waals surface area contributed by atoms with Gasteiger partial charge in [0.05, 0.1) is 0 Å². The van der Waals surface area contributed by atoms with Crippen LogP contribution in [0.3, 0.4) is 0 Å². The molecule has 17 heavy (non-hydrogen) atoms. The Morgan fingerprint density at radius 1 is 1.71 bits per heavy atom. The van der Waals surface area contributed by atoms with Crippen LogP contribution in [-0.4, -0.2) is 26.8 Å². The Kier molecular flexibility index (Phi) is 3.37. The van der Waals surface area contributed by atoms with E-state index in [1.54, 1.807) is 0 Å². The van der Waals surface area contributed by atoms with E-state index in [1.807, 2.05) is 0 Å². The van der Waals surface area contributed by atoms with Gasteiger partial charge in [-0.25, -0.2) is 4.98 Å². The van der Waals surface area contributed by atoms with Gasteiger partial charge in [-0.15, -0.1) is 0 Å². The van der Waals surface area contributed by atoms with Crippen molar-refractivity contribution in [2.24, 2.45) is 16.3 Å². The van der Waals surface area contributed by atoms with Gasteiger partial charge in [0.15, 0.2) is 5.16 Å². The minimum absolute atomic E-state index is 0.107. The van der Waals surface area contributed by atoms with Crippen molar-refractivity contribution in [1.82, 2.24) is 9.97 Å². The van der Waals surface area contributed by atoms with Crippen molar-refractivity contribution in [2.45, 2.75) is 24.4 Å². The minimum atomic E-state index is -0.149. The molecule has 1 aliphatic carbocycles. The molecule has 1 heterocycles. The number of thioether (sulfide) groups is 1. The molecule has 6 nitrogen and oxygen atoms in total. The molecule has 0 aliphatic heterocycles. The third kappa shape index (κ3) is 3.23. The zero-order chi connectivity index (χ0) is 12.3. The maximum Gasteiger partial charge on any atom is 0.251 e. The summed E-state index contributed by atoms with van der Waals surface area (Å²) in [4.78, 5) is 17.8. The molecule has 0 atom stereocenters. The zero-order valence-electron chi connectivity index (χ0n) is 9.22. The van der Waals surface area contributed by atoms with Gasteiger partial charge in [0, 0.05) is 24.4 Å². The van der Waals surface area contributed by atoms with E-state index < -0.39 is 0 Å². The van der Waals surface area contributed by atoms with Gasteiger partial charge in [-0.05, 0) is 18.3 Å². The number of aromatic amines is 1. The number of H-pyrrole nitrogens is 1. The first kappa shape index (κ1) is 12.0. The van der Waals surface area contributed by atoms with E-state index in [9.17, 15) is 4.79 Å². The number of rotatable bonds is 5. The summed E-state index contributed by atoms with van der Waals surface area (Å²) in [6.07, 6.45) is 4.21. The van der Waals surface area contributed by atoms with Crippen LogP contribution in [0.25, 0.3) is 0 Å². The van der Waals surface area contributed by atoms with Gasteiger partial charge < -0.3 is 15.9 Å². The quantitative estimate of drug-likeness (QED) is 0.180. The van der Waals surface area contributed by atoms with Crippen molar-refractivity contribution in [2.75, 3.05) is 5.75 Å². The highest BCUT2D eigenvalue weighted by molar-refractivity contribution is 7.99. The molecule has 0 unspecified atom stereocenters. The molecule has 4 N–H and O–H groups in total. The lowest BCUT2D eigenvalue weighted by atomic mass is 10.1. The molecular weight excluding hydrogens is 240 g/mol. The molecule has 0 saturated heterocycles. The highest BCUT2D eigenvalue weighted by Crippen LogP contribution is 2.51. The lowest BCUT2D eigenvalue weighted by Gasteiger charge is -2.12. The van der Waals surface area contributed by atoms with E-state index >= 15 is 0 Å². The molecule has 0 radical (unpaired) electrons. The summed E-state index contributed by atoms with van der Waals surface area (Å²) < 4.78 is 0. The van der Waals surface area contributed by atoms with Crippen LogP contribution in [0.2, 0.25) is 0 Å². The molecule has 2 rings (SSSR count). The van der Waals surface area contributed by atoms with Crippen LogP contribution in [0.15, 0.2) is 27.4 Å². The van der Waals surface area contributed by atoms with Gasteiger partial charge in [-0.2, -0.15) is 0 Å². The molecule has 92 valence electrons. The minimum Gasteiger partial charge on any atom is -0.409 e. The lowest BCUT2D eigenvalue weighted by molar-refractivity contribution is 0.315. The number of oxime groups is 1. The fourth-order valence-corrected chi connectivity index (χ4v) is 2.76. The van der Waals surface area contributed by atoms with Crippen LogP contribution in [0.1, 0.15) is 19.3 Å². The van der Waals surface area contributed by atoms with E-state index in [0.29, 0.717) is 11.6 Å². The second-order valence-electron chi connectivity index (χ2n) is 4.30.